The molecular weight excluding hydrogens is 430 g/mol. The zero-order chi connectivity index (χ0) is 21.8. The van der Waals surface area contributed by atoms with Gasteiger partial charge in [0.1, 0.15) is 12.4 Å². The molecule has 5 nitrogen and oxygen atoms in total. The number of benzene rings is 2. The smallest absolute Gasteiger partial charge is 0.265 e. The van der Waals surface area contributed by atoms with Gasteiger partial charge in [-0.3, -0.25) is 9.48 Å². The molecule has 1 N–H and O–H groups in total. The van der Waals surface area contributed by atoms with Crippen LogP contribution in [0.1, 0.15) is 31.9 Å². The monoisotopic (exact) mass is 451 g/mol. The highest BCUT2D eigenvalue weighted by Crippen LogP contribution is 2.23. The number of thiophene rings is 1. The van der Waals surface area contributed by atoms with Crippen LogP contribution < -0.4 is 10.1 Å². The standard InChI is InChI=1S/C24H22ClN3O2S/c1-16-3-4-17(2)22(9-16)30-14-19-10-23(31-15-19)24(29)27-21-11-26-28(13-21)12-18-5-7-20(25)8-6-18/h3-11,13,15H,12,14H2,1-2H3,(H,27,29). The third-order valence-electron chi connectivity index (χ3n) is 4.76. The number of hydrogen-bond acceptors (Lipinski definition) is 4. The average molecular weight is 452 g/mol. The predicted molar refractivity (Wildman–Crippen MR) is 125 cm³/mol. The van der Waals surface area contributed by atoms with Crippen LogP contribution in [0.25, 0.3) is 0 Å². The van der Waals surface area contributed by atoms with Gasteiger partial charge in [0.15, 0.2) is 0 Å². The van der Waals surface area contributed by atoms with Crippen molar-refractivity contribution in [2.75, 3.05) is 5.32 Å². The Labute approximate surface area is 190 Å². The minimum atomic E-state index is -0.158. The Morgan fingerprint density at radius 2 is 1.94 bits per heavy atom. The van der Waals surface area contributed by atoms with E-state index in [1.54, 1.807) is 10.9 Å². The second-order valence-electron chi connectivity index (χ2n) is 7.38. The number of aromatic nitrogens is 2. The molecule has 31 heavy (non-hydrogen) atoms. The lowest BCUT2D eigenvalue weighted by Crippen LogP contribution is -2.09. The van der Waals surface area contributed by atoms with Crippen molar-refractivity contribution in [1.29, 1.82) is 0 Å². The van der Waals surface area contributed by atoms with E-state index in [2.05, 4.69) is 16.5 Å². The first-order chi connectivity index (χ1) is 15.0. The van der Waals surface area contributed by atoms with Gasteiger partial charge in [0.25, 0.3) is 5.91 Å². The van der Waals surface area contributed by atoms with Gasteiger partial charge in [0.2, 0.25) is 0 Å². The summed E-state index contributed by atoms with van der Waals surface area (Å²) in [5.41, 5.74) is 4.95. The molecule has 0 aliphatic carbocycles. The number of amides is 1. The molecule has 0 fully saturated rings. The summed E-state index contributed by atoms with van der Waals surface area (Å²) in [6, 6.07) is 15.6. The van der Waals surface area contributed by atoms with Crippen molar-refractivity contribution in [3.05, 3.63) is 98.5 Å². The van der Waals surface area contributed by atoms with E-state index in [1.807, 2.05) is 67.9 Å². The summed E-state index contributed by atoms with van der Waals surface area (Å²) in [6.07, 6.45) is 3.45. The SMILES string of the molecule is Cc1ccc(C)c(OCc2csc(C(=O)Nc3cnn(Cc4ccc(Cl)cc4)c3)c2)c1. The lowest BCUT2D eigenvalue weighted by molar-refractivity contribution is 0.103. The maximum Gasteiger partial charge on any atom is 0.265 e. The molecule has 0 saturated heterocycles. The Kier molecular flexibility index (Phi) is 6.39. The van der Waals surface area contributed by atoms with Crippen LogP contribution in [-0.4, -0.2) is 15.7 Å². The highest BCUT2D eigenvalue weighted by atomic mass is 35.5. The van der Waals surface area contributed by atoms with Crippen molar-refractivity contribution in [1.82, 2.24) is 9.78 Å². The number of aryl methyl sites for hydroxylation is 2. The van der Waals surface area contributed by atoms with Crippen LogP contribution in [0.5, 0.6) is 5.75 Å². The number of halogens is 1. The number of nitrogens with zero attached hydrogens (tertiary/aromatic N) is 2. The van der Waals surface area contributed by atoms with E-state index in [-0.39, 0.29) is 5.91 Å². The molecule has 0 atom stereocenters. The Bertz CT molecular complexity index is 1200. The molecule has 4 aromatic rings. The zero-order valence-corrected chi connectivity index (χ0v) is 18.8. The molecular formula is C24H22ClN3O2S. The van der Waals surface area contributed by atoms with E-state index in [0.717, 1.165) is 28.0 Å². The lowest BCUT2D eigenvalue weighted by Gasteiger charge is -2.08. The first-order valence-electron chi connectivity index (χ1n) is 9.82. The fourth-order valence-electron chi connectivity index (χ4n) is 3.08. The van der Waals surface area contributed by atoms with Gasteiger partial charge < -0.3 is 10.1 Å². The van der Waals surface area contributed by atoms with Gasteiger partial charge >= 0.3 is 0 Å². The summed E-state index contributed by atoms with van der Waals surface area (Å²) in [7, 11) is 0. The normalized spacial score (nSPS) is 10.8. The van der Waals surface area contributed by atoms with Crippen LogP contribution in [0.3, 0.4) is 0 Å². The van der Waals surface area contributed by atoms with Gasteiger partial charge in [0, 0.05) is 16.8 Å². The number of rotatable bonds is 7. The Morgan fingerprint density at radius 1 is 1.13 bits per heavy atom. The summed E-state index contributed by atoms with van der Waals surface area (Å²) >= 11 is 7.32. The van der Waals surface area contributed by atoms with Crippen LogP contribution >= 0.6 is 22.9 Å². The highest BCUT2D eigenvalue weighted by Gasteiger charge is 2.12. The van der Waals surface area contributed by atoms with E-state index in [9.17, 15) is 4.79 Å². The minimum absolute atomic E-state index is 0.158. The molecule has 4 rings (SSSR count). The second kappa shape index (κ2) is 9.37. The maximum absolute atomic E-state index is 12.6. The fourth-order valence-corrected chi connectivity index (χ4v) is 4.00. The first-order valence-corrected chi connectivity index (χ1v) is 11.1. The molecule has 0 bridgehead atoms. The number of anilines is 1. The summed E-state index contributed by atoms with van der Waals surface area (Å²) in [4.78, 5) is 13.2. The lowest BCUT2D eigenvalue weighted by atomic mass is 10.1. The molecule has 2 aromatic carbocycles. The van der Waals surface area contributed by atoms with Crippen molar-refractivity contribution in [2.24, 2.45) is 0 Å². The third kappa shape index (κ3) is 5.54. The summed E-state index contributed by atoms with van der Waals surface area (Å²) < 4.78 is 7.71. The largest absolute Gasteiger partial charge is 0.489 e. The Balaban J connectivity index is 1.34. The van der Waals surface area contributed by atoms with Crippen molar-refractivity contribution >= 4 is 34.5 Å². The van der Waals surface area contributed by atoms with Gasteiger partial charge in [0.05, 0.1) is 23.3 Å². The van der Waals surface area contributed by atoms with Gasteiger partial charge in [-0.25, -0.2) is 0 Å². The molecule has 2 heterocycles. The van der Waals surface area contributed by atoms with Gasteiger partial charge in [-0.1, -0.05) is 35.9 Å². The molecule has 0 unspecified atom stereocenters. The van der Waals surface area contributed by atoms with Crippen molar-refractivity contribution < 1.29 is 9.53 Å². The fraction of sp³-hybridized carbons (Fsp3) is 0.167. The topological polar surface area (TPSA) is 56.1 Å². The van der Waals surface area contributed by atoms with E-state index in [4.69, 9.17) is 16.3 Å². The average Bonchev–Trinajstić information content (AvgIpc) is 3.40. The first kappa shape index (κ1) is 21.2. The summed E-state index contributed by atoms with van der Waals surface area (Å²) in [6.45, 7) is 5.09. The Hall–Kier alpha value is -3.09. The second-order valence-corrected chi connectivity index (χ2v) is 8.73. The third-order valence-corrected chi connectivity index (χ3v) is 5.99. The number of ether oxygens (including phenoxy) is 1. The molecule has 0 radical (unpaired) electrons. The molecule has 0 aliphatic rings. The van der Waals surface area contributed by atoms with Crippen molar-refractivity contribution in [3.8, 4) is 5.75 Å². The van der Waals surface area contributed by atoms with Crippen molar-refractivity contribution in [3.63, 3.8) is 0 Å². The summed E-state index contributed by atoms with van der Waals surface area (Å²) in [5, 5.41) is 9.87. The van der Waals surface area contributed by atoms with E-state index in [1.165, 1.54) is 11.3 Å². The molecule has 0 spiro atoms. The molecule has 0 saturated carbocycles. The van der Waals surface area contributed by atoms with E-state index < -0.39 is 0 Å². The van der Waals surface area contributed by atoms with Gasteiger partial charge in [-0.2, -0.15) is 5.10 Å². The summed E-state index contributed by atoms with van der Waals surface area (Å²) in [5.74, 6) is 0.708. The van der Waals surface area contributed by atoms with Gasteiger partial charge in [-0.05, 0) is 60.2 Å². The molecule has 2 aromatic heterocycles. The minimum Gasteiger partial charge on any atom is -0.489 e. The quantitative estimate of drug-likeness (QED) is 0.369. The van der Waals surface area contributed by atoms with Crippen molar-refractivity contribution in [2.45, 2.75) is 27.0 Å². The van der Waals surface area contributed by atoms with E-state index >= 15 is 0 Å². The van der Waals surface area contributed by atoms with Crippen LogP contribution in [0.15, 0.2) is 66.3 Å². The van der Waals surface area contributed by atoms with Crippen LogP contribution in [0.2, 0.25) is 5.02 Å². The predicted octanol–water partition coefficient (Wildman–Crippen LogP) is 6.09. The van der Waals surface area contributed by atoms with Crippen LogP contribution in [0, 0.1) is 13.8 Å². The molecule has 1 amide bonds. The molecule has 158 valence electrons. The number of hydrogen-bond donors (Lipinski definition) is 1. The van der Waals surface area contributed by atoms with E-state index in [0.29, 0.717) is 28.7 Å². The number of nitrogens with one attached hydrogen (secondary N) is 1. The van der Waals surface area contributed by atoms with Crippen LogP contribution in [-0.2, 0) is 13.2 Å². The number of carbonyl (C=O) groups excluding carboxylic acids is 1. The zero-order valence-electron chi connectivity index (χ0n) is 17.3. The van der Waals surface area contributed by atoms with Crippen LogP contribution in [0.4, 0.5) is 5.69 Å². The van der Waals surface area contributed by atoms with Gasteiger partial charge in [-0.15, -0.1) is 11.3 Å². The Morgan fingerprint density at radius 3 is 2.74 bits per heavy atom. The highest BCUT2D eigenvalue weighted by molar-refractivity contribution is 7.12. The maximum atomic E-state index is 12.6. The number of carbonyl (C=O) groups is 1. The molecule has 0 aliphatic heterocycles. The molecule has 7 heteroatoms.